The summed E-state index contributed by atoms with van der Waals surface area (Å²) in [5, 5.41) is 8.42. The molecule has 1 heterocycles. The van der Waals surface area contributed by atoms with Crippen LogP contribution in [0.1, 0.15) is 18.5 Å². The predicted octanol–water partition coefficient (Wildman–Crippen LogP) is 2.39. The van der Waals surface area contributed by atoms with E-state index in [0.29, 0.717) is 12.5 Å². The van der Waals surface area contributed by atoms with Crippen LogP contribution in [-0.4, -0.2) is 16.7 Å². The van der Waals surface area contributed by atoms with E-state index >= 15 is 0 Å². The van der Waals surface area contributed by atoms with Crippen molar-refractivity contribution in [3.8, 4) is 0 Å². The van der Waals surface area contributed by atoms with E-state index in [4.69, 9.17) is 5.73 Å². The molecule has 2 rings (SSSR count). The summed E-state index contributed by atoms with van der Waals surface area (Å²) in [6.07, 6.45) is 0. The Morgan fingerprint density at radius 3 is 3.07 bits per heavy atom. The summed E-state index contributed by atoms with van der Waals surface area (Å²) in [4.78, 5) is 0. The van der Waals surface area contributed by atoms with E-state index in [1.165, 1.54) is 0 Å². The van der Waals surface area contributed by atoms with E-state index < -0.39 is 0 Å². The molecule has 0 fully saturated rings. The molecule has 0 saturated carbocycles. The highest BCUT2D eigenvalue weighted by atomic mass is 79.9. The quantitative estimate of drug-likeness (QED) is 0.864. The first kappa shape index (κ1) is 9.68. The number of nitrogens with one attached hydrogen (secondary N) is 1. The second kappa shape index (κ2) is 3.71. The van der Waals surface area contributed by atoms with E-state index in [1.807, 2.05) is 12.1 Å². The van der Waals surface area contributed by atoms with E-state index in [9.17, 15) is 0 Å². The molecule has 0 saturated heterocycles. The zero-order valence-electron chi connectivity index (χ0n) is 7.92. The Bertz CT molecular complexity index is 450. The molecule has 0 amide bonds. The topological polar surface area (TPSA) is 54.7 Å². The van der Waals surface area contributed by atoms with E-state index in [0.717, 1.165) is 21.1 Å². The number of aromatic amines is 1. The summed E-state index contributed by atoms with van der Waals surface area (Å²) in [5.41, 5.74) is 7.74. The Morgan fingerprint density at radius 1 is 1.57 bits per heavy atom. The van der Waals surface area contributed by atoms with Crippen LogP contribution in [-0.2, 0) is 0 Å². The largest absolute Gasteiger partial charge is 0.330 e. The maximum atomic E-state index is 5.63. The third-order valence-electron chi connectivity index (χ3n) is 2.39. The molecule has 0 bridgehead atoms. The van der Waals surface area contributed by atoms with Gasteiger partial charge in [-0.25, -0.2) is 0 Å². The van der Waals surface area contributed by atoms with Gasteiger partial charge in [0.2, 0.25) is 0 Å². The molecule has 1 aromatic carbocycles. The molecule has 0 aliphatic rings. The highest BCUT2D eigenvalue weighted by Crippen LogP contribution is 2.25. The highest BCUT2D eigenvalue weighted by molar-refractivity contribution is 9.10. The minimum absolute atomic E-state index is 0.314. The number of benzene rings is 1. The summed E-state index contributed by atoms with van der Waals surface area (Å²) in [5.74, 6) is 0.314. The van der Waals surface area contributed by atoms with Crippen LogP contribution in [0.25, 0.3) is 10.9 Å². The fraction of sp³-hybridized carbons (Fsp3) is 0.300. The molecule has 1 unspecified atom stereocenters. The maximum absolute atomic E-state index is 5.63. The van der Waals surface area contributed by atoms with Crippen LogP contribution in [0.4, 0.5) is 0 Å². The summed E-state index contributed by atoms with van der Waals surface area (Å²) in [6.45, 7) is 2.72. The van der Waals surface area contributed by atoms with E-state index in [1.54, 1.807) is 0 Å². The van der Waals surface area contributed by atoms with Gasteiger partial charge in [-0.3, -0.25) is 5.10 Å². The Hall–Kier alpha value is -0.870. The average Bonchev–Trinajstić information content (AvgIpc) is 2.59. The lowest BCUT2D eigenvalue weighted by atomic mass is 10.0. The molecule has 0 radical (unpaired) electrons. The number of halogens is 1. The minimum Gasteiger partial charge on any atom is -0.330 e. The number of rotatable bonds is 2. The van der Waals surface area contributed by atoms with Crippen molar-refractivity contribution in [3.63, 3.8) is 0 Å². The zero-order valence-corrected chi connectivity index (χ0v) is 9.51. The van der Waals surface area contributed by atoms with Crippen LogP contribution in [0.3, 0.4) is 0 Å². The van der Waals surface area contributed by atoms with Gasteiger partial charge >= 0.3 is 0 Å². The molecule has 0 aliphatic carbocycles. The molecule has 0 aliphatic heterocycles. The average molecular weight is 254 g/mol. The number of fused-ring (bicyclic) bond motifs is 1. The maximum Gasteiger partial charge on any atom is 0.0924 e. The smallest absolute Gasteiger partial charge is 0.0924 e. The van der Waals surface area contributed by atoms with Crippen molar-refractivity contribution in [2.45, 2.75) is 12.8 Å². The lowest BCUT2D eigenvalue weighted by Crippen LogP contribution is -2.09. The fourth-order valence-corrected chi connectivity index (χ4v) is 1.86. The number of nitrogens with zero attached hydrogens (tertiary/aromatic N) is 1. The first-order valence-electron chi connectivity index (χ1n) is 4.56. The van der Waals surface area contributed by atoms with Gasteiger partial charge in [-0.15, -0.1) is 0 Å². The van der Waals surface area contributed by atoms with Crippen LogP contribution >= 0.6 is 15.9 Å². The lowest BCUT2D eigenvalue weighted by Gasteiger charge is -2.05. The van der Waals surface area contributed by atoms with Gasteiger partial charge in [0.1, 0.15) is 0 Å². The van der Waals surface area contributed by atoms with Crippen LogP contribution in [0, 0.1) is 0 Å². The molecule has 1 atom stereocenters. The molecular formula is C10H12BrN3. The Kier molecular flexibility index (Phi) is 2.56. The molecular weight excluding hydrogens is 242 g/mol. The predicted molar refractivity (Wildman–Crippen MR) is 61.3 cm³/mol. The first-order valence-corrected chi connectivity index (χ1v) is 5.35. The molecule has 1 aromatic heterocycles. The SMILES string of the molecule is CC(CN)c1[nH]nc2ccc(Br)cc12. The molecule has 74 valence electrons. The molecule has 3 N–H and O–H groups in total. The summed E-state index contributed by atoms with van der Waals surface area (Å²) < 4.78 is 1.07. The van der Waals surface area contributed by atoms with Gasteiger partial charge in [0.25, 0.3) is 0 Å². The number of nitrogens with two attached hydrogens (primary N) is 1. The molecule has 3 nitrogen and oxygen atoms in total. The summed E-state index contributed by atoms with van der Waals surface area (Å²) in [7, 11) is 0. The van der Waals surface area contributed by atoms with Gasteiger partial charge in [0.15, 0.2) is 0 Å². The van der Waals surface area contributed by atoms with Crippen LogP contribution < -0.4 is 5.73 Å². The van der Waals surface area contributed by atoms with Crippen molar-refractivity contribution in [2.24, 2.45) is 5.73 Å². The zero-order chi connectivity index (χ0) is 10.1. The normalized spacial score (nSPS) is 13.4. The number of aromatic nitrogens is 2. The van der Waals surface area contributed by atoms with Crippen molar-refractivity contribution in [3.05, 3.63) is 28.4 Å². The Balaban J connectivity index is 2.61. The van der Waals surface area contributed by atoms with Crippen molar-refractivity contribution in [1.82, 2.24) is 10.2 Å². The number of H-pyrrole nitrogens is 1. The van der Waals surface area contributed by atoms with Crippen LogP contribution in [0.2, 0.25) is 0 Å². The molecule has 2 aromatic rings. The summed E-state index contributed by atoms with van der Waals surface area (Å²) >= 11 is 3.45. The molecule has 4 heteroatoms. The van der Waals surface area contributed by atoms with Gasteiger partial charge in [0, 0.05) is 28.0 Å². The van der Waals surface area contributed by atoms with Gasteiger partial charge in [0.05, 0.1) is 5.52 Å². The van der Waals surface area contributed by atoms with E-state index in [-0.39, 0.29) is 0 Å². The number of hydrogen-bond acceptors (Lipinski definition) is 2. The Labute approximate surface area is 90.8 Å². The fourth-order valence-electron chi connectivity index (χ4n) is 1.50. The van der Waals surface area contributed by atoms with Gasteiger partial charge in [-0.05, 0) is 18.2 Å². The van der Waals surface area contributed by atoms with Crippen molar-refractivity contribution < 1.29 is 0 Å². The third-order valence-corrected chi connectivity index (χ3v) is 2.89. The van der Waals surface area contributed by atoms with Crippen molar-refractivity contribution >= 4 is 26.8 Å². The standard InChI is InChI=1S/C10H12BrN3/c1-6(5-12)10-8-4-7(11)2-3-9(8)13-14-10/h2-4,6H,5,12H2,1H3,(H,13,14). The van der Waals surface area contributed by atoms with Gasteiger partial charge < -0.3 is 5.73 Å². The number of hydrogen-bond donors (Lipinski definition) is 2. The lowest BCUT2D eigenvalue weighted by molar-refractivity contribution is 0.744. The van der Waals surface area contributed by atoms with E-state index in [2.05, 4.69) is 39.1 Å². The second-order valence-electron chi connectivity index (χ2n) is 3.44. The Morgan fingerprint density at radius 2 is 2.36 bits per heavy atom. The third kappa shape index (κ3) is 1.55. The van der Waals surface area contributed by atoms with Gasteiger partial charge in [-0.2, -0.15) is 5.10 Å². The molecule has 14 heavy (non-hydrogen) atoms. The second-order valence-corrected chi connectivity index (χ2v) is 4.35. The van der Waals surface area contributed by atoms with Crippen LogP contribution in [0.15, 0.2) is 22.7 Å². The molecule has 0 spiro atoms. The first-order chi connectivity index (χ1) is 6.72. The van der Waals surface area contributed by atoms with Crippen molar-refractivity contribution in [2.75, 3.05) is 6.54 Å². The van der Waals surface area contributed by atoms with Crippen molar-refractivity contribution in [1.29, 1.82) is 0 Å². The van der Waals surface area contributed by atoms with Gasteiger partial charge in [-0.1, -0.05) is 22.9 Å². The highest BCUT2D eigenvalue weighted by Gasteiger charge is 2.10. The van der Waals surface area contributed by atoms with Crippen LogP contribution in [0.5, 0.6) is 0 Å². The summed E-state index contributed by atoms with van der Waals surface area (Å²) in [6, 6.07) is 6.04. The monoisotopic (exact) mass is 253 g/mol. The minimum atomic E-state index is 0.314.